The number of rotatable bonds is 5. The molecule has 0 bridgehead atoms. The molecule has 1 aliphatic rings. The molecule has 0 N–H and O–H groups in total. The lowest BCUT2D eigenvalue weighted by Crippen LogP contribution is -2.32. The number of carbonyl (C=O) groups is 2. The molecular weight excluding hydrogens is 437 g/mol. The van der Waals surface area contributed by atoms with Gasteiger partial charge in [0.15, 0.2) is 0 Å². The SMILES string of the molecule is Cc1ccc(Cl)cc1N1C(=O)C(SCc2ccccc2)=C(c2ccc(Cl)cc2)C1=O. The summed E-state index contributed by atoms with van der Waals surface area (Å²) in [6.45, 7) is 1.85. The molecule has 0 saturated carbocycles. The normalized spacial score (nSPS) is 14.0. The van der Waals surface area contributed by atoms with Crippen LogP contribution in [0.5, 0.6) is 0 Å². The molecule has 0 aromatic heterocycles. The van der Waals surface area contributed by atoms with Gasteiger partial charge in [0, 0.05) is 15.8 Å². The molecule has 1 aliphatic heterocycles. The van der Waals surface area contributed by atoms with Crippen LogP contribution in [0.15, 0.2) is 77.7 Å². The zero-order chi connectivity index (χ0) is 21.3. The van der Waals surface area contributed by atoms with E-state index in [0.717, 1.165) is 11.1 Å². The van der Waals surface area contributed by atoms with Gasteiger partial charge in [-0.05, 0) is 47.9 Å². The second-order valence-electron chi connectivity index (χ2n) is 6.86. The largest absolute Gasteiger partial charge is 0.272 e. The average Bonchev–Trinajstić information content (AvgIpc) is 2.99. The van der Waals surface area contributed by atoms with E-state index in [1.807, 2.05) is 37.3 Å². The van der Waals surface area contributed by atoms with E-state index in [0.29, 0.717) is 37.5 Å². The average molecular weight is 454 g/mol. The van der Waals surface area contributed by atoms with Crippen LogP contribution in [0.3, 0.4) is 0 Å². The van der Waals surface area contributed by atoms with Gasteiger partial charge in [-0.2, -0.15) is 0 Å². The van der Waals surface area contributed by atoms with E-state index >= 15 is 0 Å². The Morgan fingerprint density at radius 3 is 2.20 bits per heavy atom. The molecule has 3 nitrogen and oxygen atoms in total. The van der Waals surface area contributed by atoms with Gasteiger partial charge in [0.2, 0.25) is 0 Å². The van der Waals surface area contributed by atoms with E-state index in [1.54, 1.807) is 42.5 Å². The molecule has 0 aliphatic carbocycles. The molecule has 2 amide bonds. The summed E-state index contributed by atoms with van der Waals surface area (Å²) < 4.78 is 0. The lowest BCUT2D eigenvalue weighted by Gasteiger charge is -2.18. The van der Waals surface area contributed by atoms with Crippen molar-refractivity contribution in [3.05, 3.63) is 104 Å². The van der Waals surface area contributed by atoms with E-state index in [9.17, 15) is 9.59 Å². The van der Waals surface area contributed by atoms with Crippen LogP contribution in [0, 0.1) is 6.92 Å². The second kappa shape index (κ2) is 8.68. The number of halogens is 2. The minimum atomic E-state index is -0.358. The first-order chi connectivity index (χ1) is 14.5. The van der Waals surface area contributed by atoms with Crippen molar-refractivity contribution in [1.82, 2.24) is 0 Å². The molecule has 3 aromatic carbocycles. The third kappa shape index (κ3) is 4.04. The molecule has 0 saturated heterocycles. The Hall–Kier alpha value is -2.53. The van der Waals surface area contributed by atoms with E-state index in [-0.39, 0.29) is 11.8 Å². The summed E-state index contributed by atoms with van der Waals surface area (Å²) in [5, 5.41) is 1.03. The van der Waals surface area contributed by atoms with Crippen LogP contribution in [-0.2, 0) is 15.3 Å². The number of carbonyl (C=O) groups excluding carboxylic acids is 2. The van der Waals surface area contributed by atoms with Gasteiger partial charge in [-0.1, -0.05) is 71.7 Å². The maximum absolute atomic E-state index is 13.4. The Bertz CT molecular complexity index is 1160. The fourth-order valence-corrected chi connectivity index (χ4v) is 4.65. The number of benzene rings is 3. The monoisotopic (exact) mass is 453 g/mol. The van der Waals surface area contributed by atoms with Crippen LogP contribution in [0.4, 0.5) is 5.69 Å². The number of nitrogens with zero attached hydrogens (tertiary/aromatic N) is 1. The molecule has 150 valence electrons. The van der Waals surface area contributed by atoms with Crippen LogP contribution in [0.2, 0.25) is 10.0 Å². The minimum absolute atomic E-state index is 0.337. The van der Waals surface area contributed by atoms with Crippen molar-refractivity contribution in [1.29, 1.82) is 0 Å². The number of amides is 2. The number of anilines is 1. The summed E-state index contributed by atoms with van der Waals surface area (Å²) in [7, 11) is 0. The van der Waals surface area contributed by atoms with Crippen LogP contribution in [0.1, 0.15) is 16.7 Å². The predicted molar refractivity (Wildman–Crippen MR) is 125 cm³/mol. The van der Waals surface area contributed by atoms with Crippen LogP contribution in [-0.4, -0.2) is 11.8 Å². The zero-order valence-electron chi connectivity index (χ0n) is 16.1. The summed E-state index contributed by atoms with van der Waals surface area (Å²) in [6.07, 6.45) is 0. The van der Waals surface area contributed by atoms with E-state index in [4.69, 9.17) is 23.2 Å². The van der Waals surface area contributed by atoms with Crippen LogP contribution < -0.4 is 4.90 Å². The highest BCUT2D eigenvalue weighted by atomic mass is 35.5. The quantitative estimate of drug-likeness (QED) is 0.412. The molecule has 0 radical (unpaired) electrons. The topological polar surface area (TPSA) is 37.4 Å². The summed E-state index contributed by atoms with van der Waals surface area (Å²) in [5.41, 5.74) is 3.42. The predicted octanol–water partition coefficient (Wildman–Crippen LogP) is 6.52. The molecule has 6 heteroatoms. The van der Waals surface area contributed by atoms with Crippen molar-refractivity contribution in [2.75, 3.05) is 4.90 Å². The maximum atomic E-state index is 13.4. The number of imide groups is 1. The molecular formula is C24H17Cl2NO2S. The maximum Gasteiger partial charge on any atom is 0.272 e. The highest BCUT2D eigenvalue weighted by molar-refractivity contribution is 8.03. The standard InChI is InChI=1S/C24H17Cl2NO2S/c1-15-7-10-19(26)13-20(15)27-23(28)21(17-8-11-18(25)12-9-17)22(24(27)29)30-14-16-5-3-2-4-6-16/h2-13H,14H2,1H3. The van der Waals surface area contributed by atoms with Crippen LogP contribution in [0.25, 0.3) is 5.57 Å². The van der Waals surface area contributed by atoms with Crippen molar-refractivity contribution in [3.8, 4) is 0 Å². The number of thioether (sulfide) groups is 1. The Labute approximate surface area is 189 Å². The van der Waals surface area contributed by atoms with Gasteiger partial charge < -0.3 is 0 Å². The van der Waals surface area contributed by atoms with Crippen molar-refractivity contribution < 1.29 is 9.59 Å². The second-order valence-corrected chi connectivity index (χ2v) is 8.72. The Kier molecular flexibility index (Phi) is 6.00. The number of aryl methyl sites for hydroxylation is 1. The van der Waals surface area contributed by atoms with E-state index < -0.39 is 0 Å². The number of hydrogen-bond donors (Lipinski definition) is 0. The summed E-state index contributed by atoms with van der Waals surface area (Å²) in [5.74, 6) is -0.117. The zero-order valence-corrected chi connectivity index (χ0v) is 18.4. The van der Waals surface area contributed by atoms with Crippen molar-refractivity contribution in [3.63, 3.8) is 0 Å². The summed E-state index contributed by atoms with van der Waals surface area (Å²) >= 11 is 13.5. The fourth-order valence-electron chi connectivity index (χ4n) is 3.29. The Morgan fingerprint density at radius 1 is 0.833 bits per heavy atom. The Balaban J connectivity index is 1.77. The van der Waals surface area contributed by atoms with Crippen molar-refractivity contribution >= 4 is 58.0 Å². The van der Waals surface area contributed by atoms with E-state index in [1.165, 1.54) is 16.7 Å². The smallest absolute Gasteiger partial charge is 0.268 e. The molecule has 4 rings (SSSR count). The highest BCUT2D eigenvalue weighted by Crippen LogP contribution is 2.41. The highest BCUT2D eigenvalue weighted by Gasteiger charge is 2.40. The van der Waals surface area contributed by atoms with Crippen LogP contribution >= 0.6 is 35.0 Å². The lowest BCUT2D eigenvalue weighted by molar-refractivity contribution is -0.119. The molecule has 0 fully saturated rings. The van der Waals surface area contributed by atoms with Gasteiger partial charge in [0.1, 0.15) is 0 Å². The van der Waals surface area contributed by atoms with Gasteiger partial charge in [-0.15, -0.1) is 11.8 Å². The molecule has 1 heterocycles. The molecule has 30 heavy (non-hydrogen) atoms. The van der Waals surface area contributed by atoms with E-state index in [2.05, 4.69) is 0 Å². The first-order valence-electron chi connectivity index (χ1n) is 9.27. The van der Waals surface area contributed by atoms with Gasteiger partial charge >= 0.3 is 0 Å². The first-order valence-corrected chi connectivity index (χ1v) is 11.0. The third-order valence-electron chi connectivity index (χ3n) is 4.81. The van der Waals surface area contributed by atoms with Gasteiger partial charge in [-0.3, -0.25) is 9.59 Å². The summed E-state index contributed by atoms with van der Waals surface area (Å²) in [4.78, 5) is 28.5. The van der Waals surface area contributed by atoms with Gasteiger partial charge in [0.05, 0.1) is 16.2 Å². The first kappa shape index (κ1) is 20.7. The lowest BCUT2D eigenvalue weighted by atomic mass is 10.1. The fraction of sp³-hybridized carbons (Fsp3) is 0.0833. The van der Waals surface area contributed by atoms with Gasteiger partial charge in [0.25, 0.3) is 11.8 Å². The molecule has 0 unspecified atom stereocenters. The Morgan fingerprint density at radius 2 is 1.50 bits per heavy atom. The molecule has 0 spiro atoms. The molecule has 0 atom stereocenters. The third-order valence-corrected chi connectivity index (χ3v) is 6.44. The van der Waals surface area contributed by atoms with Crippen molar-refractivity contribution in [2.24, 2.45) is 0 Å². The summed E-state index contributed by atoms with van der Waals surface area (Å²) in [6, 6.07) is 22.0. The molecule has 3 aromatic rings. The van der Waals surface area contributed by atoms with Gasteiger partial charge in [-0.25, -0.2) is 4.90 Å². The number of hydrogen-bond acceptors (Lipinski definition) is 3. The minimum Gasteiger partial charge on any atom is -0.268 e. The van der Waals surface area contributed by atoms with Crippen molar-refractivity contribution in [2.45, 2.75) is 12.7 Å².